The fourth-order valence-electron chi connectivity index (χ4n) is 1.29. The summed E-state index contributed by atoms with van der Waals surface area (Å²) in [5.41, 5.74) is 1.92. The minimum atomic E-state index is 0.904. The monoisotopic (exact) mass is 170 g/mol. The van der Waals surface area contributed by atoms with Crippen LogP contribution in [0.25, 0.3) is 10.9 Å². The first kappa shape index (κ1) is 7.92. The van der Waals surface area contributed by atoms with Gasteiger partial charge in [-0.1, -0.05) is 24.3 Å². The van der Waals surface area contributed by atoms with Gasteiger partial charge in [-0.25, -0.2) is 4.98 Å². The van der Waals surface area contributed by atoms with Crippen molar-refractivity contribution in [2.75, 3.05) is 7.05 Å². The number of hydrogen-bond acceptors (Lipinski definition) is 2. The minimum absolute atomic E-state index is 0.904. The van der Waals surface area contributed by atoms with Gasteiger partial charge in [-0.05, 0) is 12.1 Å². The summed E-state index contributed by atoms with van der Waals surface area (Å²) >= 11 is 0. The van der Waals surface area contributed by atoms with Gasteiger partial charge in [0.25, 0.3) is 0 Å². The third-order valence-corrected chi connectivity index (χ3v) is 1.88. The molecule has 0 aliphatic heterocycles. The number of pyridine rings is 1. The number of para-hydroxylation sites is 1. The van der Waals surface area contributed by atoms with Crippen molar-refractivity contribution < 1.29 is 0 Å². The second-order valence-corrected chi connectivity index (χ2v) is 2.82. The molecule has 0 radical (unpaired) electrons. The van der Waals surface area contributed by atoms with Crippen molar-refractivity contribution in [2.45, 2.75) is 0 Å². The molecule has 2 nitrogen and oxygen atoms in total. The number of fused-ring (bicyclic) bond motifs is 1. The van der Waals surface area contributed by atoms with Gasteiger partial charge in [-0.3, -0.25) is 4.99 Å². The topological polar surface area (TPSA) is 25.2 Å². The first-order valence-corrected chi connectivity index (χ1v) is 4.18. The number of hydrogen-bond donors (Lipinski definition) is 0. The first-order chi connectivity index (χ1) is 6.40. The van der Waals surface area contributed by atoms with E-state index >= 15 is 0 Å². The van der Waals surface area contributed by atoms with E-state index in [1.54, 1.807) is 13.3 Å². The third kappa shape index (κ3) is 1.56. The van der Waals surface area contributed by atoms with E-state index in [0.717, 1.165) is 16.6 Å². The van der Waals surface area contributed by atoms with Crippen LogP contribution in [-0.2, 0) is 0 Å². The minimum Gasteiger partial charge on any atom is -0.294 e. The second kappa shape index (κ2) is 3.35. The average molecular weight is 170 g/mol. The van der Waals surface area contributed by atoms with Crippen LogP contribution in [0.5, 0.6) is 0 Å². The summed E-state index contributed by atoms with van der Waals surface area (Å²) in [4.78, 5) is 8.34. The fourth-order valence-corrected chi connectivity index (χ4v) is 1.29. The van der Waals surface area contributed by atoms with E-state index in [2.05, 4.69) is 22.1 Å². The summed E-state index contributed by atoms with van der Waals surface area (Å²) in [6.07, 6.45) is 1.76. The molecule has 1 heterocycles. The zero-order chi connectivity index (χ0) is 9.10. The number of benzene rings is 1. The maximum absolute atomic E-state index is 4.42. The van der Waals surface area contributed by atoms with Crippen molar-refractivity contribution in [3.63, 3.8) is 0 Å². The van der Waals surface area contributed by atoms with E-state index in [1.165, 1.54) is 0 Å². The highest BCUT2D eigenvalue weighted by Crippen LogP contribution is 2.10. The summed E-state index contributed by atoms with van der Waals surface area (Å²) in [5.74, 6) is 0. The Balaban J connectivity index is 2.62. The molecule has 0 bridgehead atoms. The molecule has 0 unspecified atom stereocenters. The van der Waals surface area contributed by atoms with Gasteiger partial charge < -0.3 is 0 Å². The quantitative estimate of drug-likeness (QED) is 0.603. The molecular weight excluding hydrogens is 160 g/mol. The molecule has 2 heteroatoms. The van der Waals surface area contributed by atoms with Gasteiger partial charge in [0, 0.05) is 18.6 Å². The molecule has 0 spiro atoms. The molecule has 0 N–H and O–H groups in total. The zero-order valence-electron chi connectivity index (χ0n) is 7.44. The smallest absolute Gasteiger partial charge is 0.0815 e. The Kier molecular flexibility index (Phi) is 2.04. The van der Waals surface area contributed by atoms with Crippen molar-refractivity contribution in [1.29, 1.82) is 0 Å². The van der Waals surface area contributed by atoms with Gasteiger partial charge in [-0.15, -0.1) is 0 Å². The van der Waals surface area contributed by atoms with Crippen molar-refractivity contribution in [2.24, 2.45) is 4.99 Å². The molecule has 0 saturated carbocycles. The Labute approximate surface area is 77.0 Å². The molecule has 0 aliphatic rings. The Bertz CT molecular complexity index is 447. The van der Waals surface area contributed by atoms with Crippen molar-refractivity contribution >= 4 is 17.1 Å². The predicted octanol–water partition coefficient (Wildman–Crippen LogP) is 2.28. The molecular formula is C11H10N2. The Morgan fingerprint density at radius 1 is 1.15 bits per heavy atom. The lowest BCUT2D eigenvalue weighted by atomic mass is 10.2. The van der Waals surface area contributed by atoms with Gasteiger partial charge >= 0.3 is 0 Å². The van der Waals surface area contributed by atoms with Gasteiger partial charge in [-0.2, -0.15) is 0 Å². The summed E-state index contributed by atoms with van der Waals surface area (Å²) in [5, 5.41) is 1.16. The normalized spacial score (nSPS) is 11.2. The largest absolute Gasteiger partial charge is 0.294 e. The van der Waals surface area contributed by atoms with E-state index in [-0.39, 0.29) is 0 Å². The lowest BCUT2D eigenvalue weighted by molar-refractivity contribution is 1.36. The van der Waals surface area contributed by atoms with Crippen LogP contribution >= 0.6 is 0 Å². The molecule has 64 valence electrons. The van der Waals surface area contributed by atoms with Crippen LogP contribution in [0, 0.1) is 0 Å². The molecule has 2 rings (SSSR count). The van der Waals surface area contributed by atoms with Crippen molar-refractivity contribution in [1.82, 2.24) is 4.98 Å². The number of nitrogens with zero attached hydrogens (tertiary/aromatic N) is 2. The maximum atomic E-state index is 4.42. The van der Waals surface area contributed by atoms with Crippen LogP contribution in [0.1, 0.15) is 5.69 Å². The van der Waals surface area contributed by atoms with Crippen LogP contribution in [0.2, 0.25) is 0 Å². The summed E-state index contributed by atoms with van der Waals surface area (Å²) in [7, 11) is 1.75. The van der Waals surface area contributed by atoms with Crippen molar-refractivity contribution in [3.8, 4) is 0 Å². The van der Waals surface area contributed by atoms with Crippen LogP contribution in [0.4, 0.5) is 0 Å². The fraction of sp³-hybridized carbons (Fsp3) is 0.0909. The Morgan fingerprint density at radius 3 is 2.85 bits per heavy atom. The summed E-state index contributed by atoms with van der Waals surface area (Å²) in [6, 6.07) is 12.1. The highest BCUT2D eigenvalue weighted by atomic mass is 14.7. The molecule has 0 aliphatic carbocycles. The number of aliphatic imine (C=N–C) groups is 1. The Hall–Kier alpha value is -1.70. The van der Waals surface area contributed by atoms with Crippen LogP contribution in [0.15, 0.2) is 41.4 Å². The van der Waals surface area contributed by atoms with Gasteiger partial charge in [0.15, 0.2) is 0 Å². The molecule has 2 aromatic rings. The van der Waals surface area contributed by atoms with E-state index < -0.39 is 0 Å². The first-order valence-electron chi connectivity index (χ1n) is 4.18. The molecule has 0 saturated heterocycles. The SMILES string of the molecule is C/N=C/c1ccc2ccccc2n1. The van der Waals surface area contributed by atoms with E-state index in [0.29, 0.717) is 0 Å². The zero-order valence-corrected chi connectivity index (χ0v) is 7.44. The average Bonchev–Trinajstić information content (AvgIpc) is 2.18. The van der Waals surface area contributed by atoms with Gasteiger partial charge in [0.2, 0.25) is 0 Å². The van der Waals surface area contributed by atoms with E-state index in [1.807, 2.05) is 24.3 Å². The number of aromatic nitrogens is 1. The van der Waals surface area contributed by atoms with E-state index in [9.17, 15) is 0 Å². The van der Waals surface area contributed by atoms with Crippen LogP contribution in [0.3, 0.4) is 0 Å². The van der Waals surface area contributed by atoms with Gasteiger partial charge in [0.05, 0.1) is 11.2 Å². The Morgan fingerprint density at radius 2 is 2.00 bits per heavy atom. The third-order valence-electron chi connectivity index (χ3n) is 1.88. The predicted molar refractivity (Wildman–Crippen MR) is 55.3 cm³/mol. The lowest BCUT2D eigenvalue weighted by Crippen LogP contribution is -1.87. The summed E-state index contributed by atoms with van der Waals surface area (Å²) in [6.45, 7) is 0. The maximum Gasteiger partial charge on any atom is 0.0815 e. The van der Waals surface area contributed by atoms with E-state index in [4.69, 9.17) is 0 Å². The lowest BCUT2D eigenvalue weighted by Gasteiger charge is -1.96. The molecule has 0 atom stereocenters. The standard InChI is InChI=1S/C11H10N2/c1-12-8-10-7-6-9-4-2-3-5-11(9)13-10/h2-8H,1H3/b12-8+. The van der Waals surface area contributed by atoms with Crippen LogP contribution in [-0.4, -0.2) is 18.2 Å². The highest BCUT2D eigenvalue weighted by Gasteiger charge is 1.93. The van der Waals surface area contributed by atoms with Crippen LogP contribution < -0.4 is 0 Å². The molecule has 0 fully saturated rings. The summed E-state index contributed by atoms with van der Waals surface area (Å²) < 4.78 is 0. The molecule has 0 amide bonds. The number of rotatable bonds is 1. The highest BCUT2D eigenvalue weighted by molar-refractivity contribution is 5.84. The van der Waals surface area contributed by atoms with Crippen molar-refractivity contribution in [3.05, 3.63) is 42.1 Å². The van der Waals surface area contributed by atoms with Gasteiger partial charge in [0.1, 0.15) is 0 Å². The molecule has 13 heavy (non-hydrogen) atoms. The molecule has 1 aromatic heterocycles. The molecule has 1 aromatic carbocycles. The second-order valence-electron chi connectivity index (χ2n) is 2.82.